The van der Waals surface area contributed by atoms with E-state index in [-0.39, 0.29) is 0 Å². The summed E-state index contributed by atoms with van der Waals surface area (Å²) in [5.74, 6) is -1.60. The van der Waals surface area contributed by atoms with Crippen molar-refractivity contribution < 1.29 is 8.78 Å². The maximum absolute atomic E-state index is 11.9. The first-order valence-electron chi connectivity index (χ1n) is 4.71. The second-order valence-corrected chi connectivity index (χ2v) is 2.47. The molecule has 0 heterocycles. The van der Waals surface area contributed by atoms with Gasteiger partial charge in [-0.25, -0.2) is 8.78 Å². The molecule has 1 aliphatic rings. The fourth-order valence-corrected chi connectivity index (χ4v) is 0.439. The molecule has 2 rings (SSSR count). The van der Waals surface area contributed by atoms with Crippen LogP contribution in [0.15, 0.2) is 24.3 Å². The van der Waals surface area contributed by atoms with Crippen LogP contribution >= 0.6 is 0 Å². The van der Waals surface area contributed by atoms with Gasteiger partial charge < -0.3 is 0 Å². The van der Waals surface area contributed by atoms with E-state index in [1.807, 2.05) is 13.8 Å². The third-order valence-electron chi connectivity index (χ3n) is 1.18. The van der Waals surface area contributed by atoms with E-state index in [9.17, 15) is 8.78 Å². The van der Waals surface area contributed by atoms with E-state index < -0.39 is 11.6 Å². The largest absolute Gasteiger partial charge is 0.204 e. The molecule has 1 aliphatic carbocycles. The van der Waals surface area contributed by atoms with E-state index in [1.54, 1.807) is 0 Å². The summed E-state index contributed by atoms with van der Waals surface area (Å²) in [6.07, 6.45) is 4.50. The summed E-state index contributed by atoms with van der Waals surface area (Å²) >= 11 is 0. The molecule has 0 N–H and O–H groups in total. The average Bonchev–Trinajstić information content (AvgIpc) is 3.00. The third kappa shape index (κ3) is 7.44. The minimum absolute atomic E-state index is 0.799. The molecule has 74 valence electrons. The molecule has 0 saturated heterocycles. The van der Waals surface area contributed by atoms with Crippen LogP contribution in [0.2, 0.25) is 0 Å². The van der Waals surface area contributed by atoms with Crippen LogP contribution in [0.5, 0.6) is 0 Å². The second-order valence-electron chi connectivity index (χ2n) is 2.47. The molecular formula is C11H16F2. The van der Waals surface area contributed by atoms with Crippen molar-refractivity contribution in [3.8, 4) is 0 Å². The lowest BCUT2D eigenvalue weighted by Gasteiger charge is -1.85. The van der Waals surface area contributed by atoms with E-state index in [1.165, 1.54) is 31.4 Å². The predicted molar refractivity (Wildman–Crippen MR) is 51.6 cm³/mol. The second kappa shape index (κ2) is 7.71. The molecule has 0 aliphatic heterocycles. The Morgan fingerprint density at radius 1 is 0.846 bits per heavy atom. The molecule has 1 fully saturated rings. The minimum Gasteiger partial charge on any atom is -0.204 e. The molecule has 0 spiro atoms. The highest BCUT2D eigenvalue weighted by atomic mass is 19.2. The number of rotatable bonds is 0. The predicted octanol–water partition coefficient (Wildman–Crippen LogP) is 4.16. The molecule has 0 nitrogen and oxygen atoms in total. The quantitative estimate of drug-likeness (QED) is 0.570. The van der Waals surface area contributed by atoms with Crippen molar-refractivity contribution in [1.82, 2.24) is 0 Å². The topological polar surface area (TPSA) is 0 Å². The summed E-state index contributed by atoms with van der Waals surface area (Å²) in [7, 11) is 0. The van der Waals surface area contributed by atoms with Gasteiger partial charge in [0.25, 0.3) is 0 Å². The maximum atomic E-state index is 11.9. The van der Waals surface area contributed by atoms with Gasteiger partial charge in [-0.1, -0.05) is 45.2 Å². The molecule has 1 aromatic rings. The monoisotopic (exact) mass is 186 g/mol. The lowest BCUT2D eigenvalue weighted by atomic mass is 10.3. The molecule has 13 heavy (non-hydrogen) atoms. The van der Waals surface area contributed by atoms with E-state index in [4.69, 9.17) is 0 Å². The van der Waals surface area contributed by atoms with Gasteiger partial charge in [-0.05, 0) is 12.1 Å². The molecule has 0 aromatic heterocycles. The number of hydrogen-bond donors (Lipinski definition) is 0. The van der Waals surface area contributed by atoms with Crippen LogP contribution in [-0.4, -0.2) is 0 Å². The summed E-state index contributed by atoms with van der Waals surface area (Å²) in [6, 6.07) is 5.04. The van der Waals surface area contributed by atoms with Crippen molar-refractivity contribution >= 4 is 0 Å². The van der Waals surface area contributed by atoms with Crippen molar-refractivity contribution in [3.05, 3.63) is 35.9 Å². The van der Waals surface area contributed by atoms with Crippen LogP contribution in [0.3, 0.4) is 0 Å². The Balaban J connectivity index is 0.000000239. The van der Waals surface area contributed by atoms with Gasteiger partial charge in [-0.3, -0.25) is 0 Å². The summed E-state index contributed by atoms with van der Waals surface area (Å²) in [5, 5.41) is 0. The van der Waals surface area contributed by atoms with Crippen molar-refractivity contribution in [2.24, 2.45) is 0 Å². The highest BCUT2D eigenvalue weighted by molar-refractivity contribution is 5.05. The van der Waals surface area contributed by atoms with Crippen molar-refractivity contribution in [3.63, 3.8) is 0 Å². The number of benzene rings is 1. The van der Waals surface area contributed by atoms with Gasteiger partial charge >= 0.3 is 0 Å². The standard InChI is InChI=1S/C6H4F2.C3H6.C2H6/c7-5-3-1-2-4-6(5)8;1-2-3-1;1-2/h1-4H;1-3H2;1-2H3. The molecule has 0 radical (unpaired) electrons. The first-order valence-corrected chi connectivity index (χ1v) is 4.71. The summed E-state index contributed by atoms with van der Waals surface area (Å²) < 4.78 is 23.9. The van der Waals surface area contributed by atoms with Crippen molar-refractivity contribution in [2.75, 3.05) is 0 Å². The molecule has 2 heteroatoms. The molecule has 1 aromatic carbocycles. The molecule has 0 amide bonds. The van der Waals surface area contributed by atoms with Gasteiger partial charge in [0.2, 0.25) is 0 Å². The Kier molecular flexibility index (Phi) is 7.17. The van der Waals surface area contributed by atoms with Crippen LogP contribution in [-0.2, 0) is 0 Å². The Labute approximate surface area is 78.6 Å². The van der Waals surface area contributed by atoms with Gasteiger partial charge in [0.1, 0.15) is 0 Å². The highest BCUT2D eigenvalue weighted by Crippen LogP contribution is 2.14. The normalized spacial score (nSPS) is 11.7. The Bertz CT molecular complexity index is 195. The zero-order valence-electron chi connectivity index (χ0n) is 8.19. The van der Waals surface area contributed by atoms with E-state index >= 15 is 0 Å². The molecule has 1 saturated carbocycles. The van der Waals surface area contributed by atoms with Crippen LogP contribution in [0, 0.1) is 11.6 Å². The average molecular weight is 186 g/mol. The van der Waals surface area contributed by atoms with Crippen LogP contribution < -0.4 is 0 Å². The molecule has 0 unspecified atom stereocenters. The van der Waals surface area contributed by atoms with E-state index in [0.717, 1.165) is 12.1 Å². The Hall–Kier alpha value is -0.920. The van der Waals surface area contributed by atoms with Crippen LogP contribution in [0.4, 0.5) is 8.78 Å². The number of hydrogen-bond acceptors (Lipinski definition) is 0. The SMILES string of the molecule is C1CC1.CC.Fc1ccccc1F. The van der Waals surface area contributed by atoms with Gasteiger partial charge in [0, 0.05) is 0 Å². The van der Waals surface area contributed by atoms with Gasteiger partial charge in [-0.15, -0.1) is 0 Å². The molecule has 0 bridgehead atoms. The highest BCUT2D eigenvalue weighted by Gasteiger charge is 1.95. The van der Waals surface area contributed by atoms with Gasteiger partial charge in [-0.2, -0.15) is 0 Å². The third-order valence-corrected chi connectivity index (χ3v) is 1.18. The first-order chi connectivity index (χ1) is 6.30. The first kappa shape index (κ1) is 12.1. The minimum atomic E-state index is -0.799. The van der Waals surface area contributed by atoms with E-state index in [0.29, 0.717) is 0 Å². The van der Waals surface area contributed by atoms with Crippen molar-refractivity contribution in [2.45, 2.75) is 33.1 Å². The lowest BCUT2D eigenvalue weighted by Crippen LogP contribution is -1.77. The summed E-state index contributed by atoms with van der Waals surface area (Å²) in [4.78, 5) is 0. The van der Waals surface area contributed by atoms with Crippen LogP contribution in [0.25, 0.3) is 0 Å². The van der Waals surface area contributed by atoms with E-state index in [2.05, 4.69) is 0 Å². The lowest BCUT2D eigenvalue weighted by molar-refractivity contribution is 0.508. The molecular weight excluding hydrogens is 170 g/mol. The zero-order valence-corrected chi connectivity index (χ0v) is 8.19. The van der Waals surface area contributed by atoms with Crippen LogP contribution in [0.1, 0.15) is 33.1 Å². The summed E-state index contributed by atoms with van der Waals surface area (Å²) in [6.45, 7) is 4.00. The van der Waals surface area contributed by atoms with Gasteiger partial charge in [0.15, 0.2) is 11.6 Å². The summed E-state index contributed by atoms with van der Waals surface area (Å²) in [5.41, 5.74) is 0. The van der Waals surface area contributed by atoms with Crippen molar-refractivity contribution in [1.29, 1.82) is 0 Å². The Morgan fingerprint density at radius 3 is 1.31 bits per heavy atom. The van der Waals surface area contributed by atoms with Gasteiger partial charge in [0.05, 0.1) is 0 Å². The Morgan fingerprint density at radius 2 is 1.15 bits per heavy atom. The number of halogens is 2. The smallest absolute Gasteiger partial charge is 0.158 e. The fourth-order valence-electron chi connectivity index (χ4n) is 0.439. The zero-order chi connectivity index (χ0) is 10.1. The molecule has 0 atom stereocenters. The fraction of sp³-hybridized carbons (Fsp3) is 0.455. The maximum Gasteiger partial charge on any atom is 0.158 e.